The van der Waals surface area contributed by atoms with E-state index >= 15 is 0 Å². The standard InChI is InChI=1S/C18H16ClN3O2S/c1-13(23)12-25-18-21-20-17(22(18)14-7-3-2-4-8-14)11-24-16-10-6-5-9-15(16)19/h2-10H,11-12H2,1H3. The number of benzene rings is 2. The molecular weight excluding hydrogens is 358 g/mol. The zero-order valence-electron chi connectivity index (χ0n) is 13.6. The van der Waals surface area contributed by atoms with Gasteiger partial charge in [0, 0.05) is 5.69 Å². The molecule has 0 unspecified atom stereocenters. The Labute approximate surface area is 155 Å². The lowest BCUT2D eigenvalue weighted by molar-refractivity contribution is -0.114. The van der Waals surface area contributed by atoms with Crippen LogP contribution in [-0.2, 0) is 11.4 Å². The molecule has 0 aliphatic rings. The molecule has 7 heteroatoms. The van der Waals surface area contributed by atoms with Gasteiger partial charge in [-0.05, 0) is 31.2 Å². The number of aromatic nitrogens is 3. The highest BCUT2D eigenvalue weighted by molar-refractivity contribution is 7.99. The normalized spacial score (nSPS) is 10.6. The van der Waals surface area contributed by atoms with Crippen molar-refractivity contribution in [1.29, 1.82) is 0 Å². The average Bonchev–Trinajstić information content (AvgIpc) is 3.03. The van der Waals surface area contributed by atoms with Crippen LogP contribution in [0.3, 0.4) is 0 Å². The molecule has 0 bridgehead atoms. The molecule has 0 radical (unpaired) electrons. The van der Waals surface area contributed by atoms with Crippen LogP contribution in [0.15, 0.2) is 59.8 Å². The van der Waals surface area contributed by atoms with Crippen LogP contribution in [0.25, 0.3) is 5.69 Å². The Bertz CT molecular complexity index is 868. The molecule has 128 valence electrons. The van der Waals surface area contributed by atoms with Crippen molar-refractivity contribution in [3.8, 4) is 11.4 Å². The van der Waals surface area contributed by atoms with Crippen molar-refractivity contribution in [2.75, 3.05) is 5.75 Å². The Kier molecular flexibility index (Phi) is 5.73. The van der Waals surface area contributed by atoms with Gasteiger partial charge in [-0.3, -0.25) is 9.36 Å². The van der Waals surface area contributed by atoms with Crippen molar-refractivity contribution in [3.63, 3.8) is 0 Å². The quantitative estimate of drug-likeness (QED) is 0.581. The molecule has 5 nitrogen and oxygen atoms in total. The minimum atomic E-state index is 0.0847. The lowest BCUT2D eigenvalue weighted by Gasteiger charge is -2.11. The summed E-state index contributed by atoms with van der Waals surface area (Å²) in [5.41, 5.74) is 0.913. The third-order valence-corrected chi connectivity index (χ3v) is 4.70. The second-order valence-electron chi connectivity index (χ2n) is 5.28. The third kappa shape index (κ3) is 4.41. The van der Waals surface area contributed by atoms with Crippen LogP contribution in [0.2, 0.25) is 5.02 Å². The van der Waals surface area contributed by atoms with Crippen LogP contribution in [0.1, 0.15) is 12.7 Å². The maximum atomic E-state index is 11.3. The molecule has 2 aromatic carbocycles. The fourth-order valence-electron chi connectivity index (χ4n) is 2.19. The number of thioether (sulfide) groups is 1. The molecule has 1 aromatic heterocycles. The number of ketones is 1. The zero-order valence-corrected chi connectivity index (χ0v) is 15.1. The Morgan fingerprint density at radius 1 is 1.12 bits per heavy atom. The zero-order chi connectivity index (χ0) is 17.6. The van der Waals surface area contributed by atoms with Crippen LogP contribution in [-0.4, -0.2) is 26.3 Å². The highest BCUT2D eigenvalue weighted by Gasteiger charge is 2.16. The van der Waals surface area contributed by atoms with E-state index in [1.165, 1.54) is 11.8 Å². The highest BCUT2D eigenvalue weighted by atomic mass is 35.5. The van der Waals surface area contributed by atoms with E-state index in [1.807, 2.05) is 47.0 Å². The molecule has 0 amide bonds. The number of Topliss-reactive ketones (excluding diaryl/α,β-unsaturated/α-hetero) is 1. The largest absolute Gasteiger partial charge is 0.484 e. The summed E-state index contributed by atoms with van der Waals surface area (Å²) in [7, 11) is 0. The van der Waals surface area contributed by atoms with Gasteiger partial charge in [-0.25, -0.2) is 0 Å². The van der Waals surface area contributed by atoms with Crippen LogP contribution in [0.5, 0.6) is 5.75 Å². The second kappa shape index (κ2) is 8.18. The second-order valence-corrected chi connectivity index (χ2v) is 6.63. The number of halogens is 1. The Morgan fingerprint density at radius 3 is 2.56 bits per heavy atom. The van der Waals surface area contributed by atoms with E-state index < -0.39 is 0 Å². The number of nitrogens with zero attached hydrogens (tertiary/aromatic N) is 3. The van der Waals surface area contributed by atoms with Gasteiger partial charge in [0.25, 0.3) is 0 Å². The van der Waals surface area contributed by atoms with Crippen molar-refractivity contribution >= 4 is 29.1 Å². The molecule has 0 aliphatic heterocycles. The van der Waals surface area contributed by atoms with Crippen molar-refractivity contribution in [2.45, 2.75) is 18.7 Å². The van der Waals surface area contributed by atoms with E-state index in [0.29, 0.717) is 27.5 Å². The molecule has 0 N–H and O–H groups in total. The molecule has 0 saturated heterocycles. The first kappa shape index (κ1) is 17.5. The minimum absolute atomic E-state index is 0.0847. The third-order valence-electron chi connectivity index (χ3n) is 3.31. The number of hydrogen-bond donors (Lipinski definition) is 0. The maximum absolute atomic E-state index is 11.3. The first-order chi connectivity index (χ1) is 12.1. The summed E-state index contributed by atoms with van der Waals surface area (Å²) >= 11 is 7.48. The minimum Gasteiger partial charge on any atom is -0.484 e. The molecule has 0 spiro atoms. The van der Waals surface area contributed by atoms with E-state index in [2.05, 4.69) is 10.2 Å². The van der Waals surface area contributed by atoms with E-state index in [1.54, 1.807) is 19.1 Å². The van der Waals surface area contributed by atoms with Gasteiger partial charge < -0.3 is 4.74 Å². The topological polar surface area (TPSA) is 57.0 Å². The summed E-state index contributed by atoms with van der Waals surface area (Å²) in [6.45, 7) is 1.77. The number of rotatable bonds is 7. The monoisotopic (exact) mass is 373 g/mol. The van der Waals surface area contributed by atoms with Gasteiger partial charge in [0.15, 0.2) is 11.0 Å². The number of hydrogen-bond acceptors (Lipinski definition) is 5. The van der Waals surface area contributed by atoms with Gasteiger partial charge in [-0.1, -0.05) is 53.7 Å². The summed E-state index contributed by atoms with van der Waals surface area (Å²) < 4.78 is 7.69. The maximum Gasteiger partial charge on any atom is 0.196 e. The number of carbonyl (C=O) groups excluding carboxylic acids is 1. The van der Waals surface area contributed by atoms with Crippen molar-refractivity contribution in [3.05, 3.63) is 65.4 Å². The van der Waals surface area contributed by atoms with Gasteiger partial charge in [0.1, 0.15) is 18.1 Å². The highest BCUT2D eigenvalue weighted by Crippen LogP contribution is 2.26. The van der Waals surface area contributed by atoms with Gasteiger partial charge in [-0.15, -0.1) is 10.2 Å². The fourth-order valence-corrected chi connectivity index (χ4v) is 3.16. The van der Waals surface area contributed by atoms with Crippen LogP contribution < -0.4 is 4.74 Å². The molecule has 1 heterocycles. The summed E-state index contributed by atoms with van der Waals surface area (Å²) in [6.07, 6.45) is 0. The lowest BCUT2D eigenvalue weighted by Crippen LogP contribution is -2.07. The van der Waals surface area contributed by atoms with Crippen LogP contribution in [0.4, 0.5) is 0 Å². The van der Waals surface area contributed by atoms with Crippen molar-refractivity contribution in [1.82, 2.24) is 14.8 Å². The summed E-state index contributed by atoms with van der Waals surface area (Å²) in [6, 6.07) is 17.0. The first-order valence-electron chi connectivity index (χ1n) is 7.64. The van der Waals surface area contributed by atoms with E-state index in [9.17, 15) is 4.79 Å². The van der Waals surface area contributed by atoms with Crippen LogP contribution >= 0.6 is 23.4 Å². The fraction of sp³-hybridized carbons (Fsp3) is 0.167. The van der Waals surface area contributed by atoms with Gasteiger partial charge in [0.05, 0.1) is 10.8 Å². The van der Waals surface area contributed by atoms with Gasteiger partial charge in [0.2, 0.25) is 0 Å². The molecule has 25 heavy (non-hydrogen) atoms. The summed E-state index contributed by atoms with van der Waals surface area (Å²) in [5, 5.41) is 9.63. The van der Waals surface area contributed by atoms with Gasteiger partial charge in [-0.2, -0.15) is 0 Å². The van der Waals surface area contributed by atoms with Gasteiger partial charge >= 0.3 is 0 Å². The molecule has 3 aromatic rings. The SMILES string of the molecule is CC(=O)CSc1nnc(COc2ccccc2Cl)n1-c1ccccc1. The number of carbonyl (C=O) groups is 1. The molecule has 0 aliphatic carbocycles. The van der Waals surface area contributed by atoms with E-state index in [4.69, 9.17) is 16.3 Å². The Hall–Kier alpha value is -2.31. The Balaban J connectivity index is 1.88. The average molecular weight is 374 g/mol. The van der Waals surface area contributed by atoms with Crippen molar-refractivity contribution in [2.24, 2.45) is 0 Å². The molecule has 0 saturated carbocycles. The lowest BCUT2D eigenvalue weighted by atomic mass is 10.3. The smallest absolute Gasteiger partial charge is 0.196 e. The summed E-state index contributed by atoms with van der Waals surface area (Å²) in [5.74, 6) is 1.65. The predicted molar refractivity (Wildman–Crippen MR) is 98.5 cm³/mol. The summed E-state index contributed by atoms with van der Waals surface area (Å²) in [4.78, 5) is 11.3. The molecule has 3 rings (SSSR count). The Morgan fingerprint density at radius 2 is 1.84 bits per heavy atom. The molecular formula is C18H16ClN3O2S. The van der Waals surface area contributed by atoms with E-state index in [0.717, 1.165) is 5.69 Å². The predicted octanol–water partition coefficient (Wildman–Crippen LogP) is 4.18. The van der Waals surface area contributed by atoms with Crippen LogP contribution in [0, 0.1) is 0 Å². The molecule has 0 fully saturated rings. The van der Waals surface area contributed by atoms with Crippen molar-refractivity contribution < 1.29 is 9.53 Å². The first-order valence-corrected chi connectivity index (χ1v) is 9.01. The molecule has 0 atom stereocenters. The number of ether oxygens (including phenoxy) is 1. The number of para-hydroxylation sites is 2. The van der Waals surface area contributed by atoms with E-state index in [-0.39, 0.29) is 12.4 Å².